The molecular weight excluding hydrogens is 512 g/mol. The van der Waals surface area contributed by atoms with Crippen molar-refractivity contribution >= 4 is 0 Å². The molecule has 5 atom stereocenters. The predicted molar refractivity (Wildman–Crippen MR) is 173 cm³/mol. The Morgan fingerprint density at radius 2 is 1.31 bits per heavy atom. The van der Waals surface area contributed by atoms with Crippen molar-refractivity contribution in [3.63, 3.8) is 0 Å². The number of aromatic hydroxyl groups is 2. The summed E-state index contributed by atoms with van der Waals surface area (Å²) in [6, 6.07) is 13.8. The van der Waals surface area contributed by atoms with E-state index in [1.165, 1.54) is 125 Å². The van der Waals surface area contributed by atoms with Gasteiger partial charge >= 0.3 is 0 Å². The van der Waals surface area contributed by atoms with E-state index in [1.807, 2.05) is 0 Å². The molecule has 6 saturated carbocycles. The summed E-state index contributed by atoms with van der Waals surface area (Å²) in [5.41, 5.74) is 6.51. The van der Waals surface area contributed by atoms with Gasteiger partial charge in [-0.25, -0.2) is 0 Å². The van der Waals surface area contributed by atoms with Gasteiger partial charge in [-0.15, -0.1) is 0 Å². The molecule has 2 aromatic carbocycles. The van der Waals surface area contributed by atoms with Gasteiger partial charge in [-0.05, 0) is 132 Å². The van der Waals surface area contributed by atoms with Gasteiger partial charge in [0.1, 0.15) is 11.5 Å². The summed E-state index contributed by atoms with van der Waals surface area (Å²) >= 11 is 0. The Balaban J connectivity index is 1.40. The van der Waals surface area contributed by atoms with Crippen molar-refractivity contribution in [3.05, 3.63) is 58.7 Å². The van der Waals surface area contributed by atoms with Crippen LogP contribution >= 0.6 is 0 Å². The van der Waals surface area contributed by atoms with Gasteiger partial charge in [0, 0.05) is 5.41 Å². The third-order valence-electron chi connectivity index (χ3n) is 13.9. The van der Waals surface area contributed by atoms with Crippen LogP contribution in [0.3, 0.4) is 0 Å². The van der Waals surface area contributed by atoms with Crippen LogP contribution in [0.25, 0.3) is 0 Å². The van der Waals surface area contributed by atoms with E-state index in [4.69, 9.17) is 0 Å². The normalized spacial score (nSPS) is 35.5. The lowest BCUT2D eigenvalue weighted by Gasteiger charge is -2.73. The van der Waals surface area contributed by atoms with Gasteiger partial charge in [0.05, 0.1) is 0 Å². The zero-order valence-electron chi connectivity index (χ0n) is 27.0. The highest BCUT2D eigenvalue weighted by atomic mass is 16.3. The van der Waals surface area contributed by atoms with Gasteiger partial charge < -0.3 is 10.2 Å². The molecule has 2 N–H and O–H groups in total. The number of hydrogen-bond donors (Lipinski definition) is 2. The maximum Gasteiger partial charge on any atom is 0.119 e. The van der Waals surface area contributed by atoms with Gasteiger partial charge in [0.25, 0.3) is 0 Å². The summed E-state index contributed by atoms with van der Waals surface area (Å²) in [6.07, 6.45) is 20.5. The lowest BCUT2D eigenvalue weighted by atomic mass is 9.31. The van der Waals surface area contributed by atoms with E-state index in [9.17, 15) is 10.2 Å². The van der Waals surface area contributed by atoms with Crippen molar-refractivity contribution in [2.24, 2.45) is 22.2 Å². The van der Waals surface area contributed by atoms with Crippen LogP contribution in [0.5, 0.6) is 11.5 Å². The molecule has 2 heteroatoms. The summed E-state index contributed by atoms with van der Waals surface area (Å²) in [4.78, 5) is 0. The standard InChI is InChI=1S/C40H56O2/c1-5-38-22-30-23-39(24-38,37(2,3)4)26-40(25-38,31-17-19-35(42)33(21-31)28-14-10-7-11-15-28)36(30)29-16-18-34(41)32(20-29)27-12-8-6-9-13-27/h16-21,27-28,30,36,41-42H,5-15,22-26H2,1-4H3. The highest BCUT2D eigenvalue weighted by Gasteiger charge is 2.69. The second-order valence-electron chi connectivity index (χ2n) is 17.0. The third kappa shape index (κ3) is 4.47. The monoisotopic (exact) mass is 568 g/mol. The average Bonchev–Trinajstić information content (AvgIpc) is 2.98. The molecule has 2 nitrogen and oxygen atoms in total. The summed E-state index contributed by atoms with van der Waals surface area (Å²) in [6.45, 7) is 10.0. The first-order chi connectivity index (χ1) is 20.1. The molecule has 0 amide bonds. The molecule has 0 spiro atoms. The first-order valence-electron chi connectivity index (χ1n) is 17.7. The maximum absolute atomic E-state index is 11.2. The Bertz CT molecular complexity index is 1310. The van der Waals surface area contributed by atoms with Crippen molar-refractivity contribution in [1.29, 1.82) is 0 Å². The Hall–Kier alpha value is -1.96. The smallest absolute Gasteiger partial charge is 0.119 e. The second kappa shape index (κ2) is 10.3. The molecular formula is C40H56O2. The van der Waals surface area contributed by atoms with Gasteiger partial charge in [-0.2, -0.15) is 0 Å². The average molecular weight is 569 g/mol. The quantitative estimate of drug-likeness (QED) is 0.376. The van der Waals surface area contributed by atoms with Crippen LogP contribution in [-0.4, -0.2) is 10.2 Å². The topological polar surface area (TPSA) is 40.5 Å². The van der Waals surface area contributed by atoms with E-state index in [-0.39, 0.29) is 10.8 Å². The molecule has 6 fully saturated rings. The van der Waals surface area contributed by atoms with Crippen molar-refractivity contribution < 1.29 is 10.2 Å². The Morgan fingerprint density at radius 1 is 0.714 bits per heavy atom. The Labute approximate surface area is 255 Å². The zero-order chi connectivity index (χ0) is 29.3. The van der Waals surface area contributed by atoms with E-state index in [0.29, 0.717) is 46.0 Å². The maximum atomic E-state index is 11.2. The Morgan fingerprint density at radius 3 is 1.90 bits per heavy atom. The van der Waals surface area contributed by atoms with E-state index in [1.54, 1.807) is 0 Å². The number of phenolic OH excluding ortho intramolecular Hbond substituents is 2. The fourth-order valence-electron chi connectivity index (χ4n) is 11.8. The molecule has 0 aliphatic heterocycles. The van der Waals surface area contributed by atoms with Crippen molar-refractivity contribution in [2.75, 3.05) is 0 Å². The number of rotatable bonds is 5. The first kappa shape index (κ1) is 28.8. The number of benzene rings is 2. The largest absolute Gasteiger partial charge is 0.508 e. The number of hydrogen-bond acceptors (Lipinski definition) is 2. The SMILES string of the molecule is CCC12CC3CC(C(C)(C)C)(C1)CC(c1ccc(O)c(C4CCCCC4)c1)(C2)C3c1ccc(O)c(C2CCCCC2)c1. The fourth-order valence-corrected chi connectivity index (χ4v) is 11.8. The van der Waals surface area contributed by atoms with Gasteiger partial charge in [0.2, 0.25) is 0 Å². The minimum absolute atomic E-state index is 0.0701. The van der Waals surface area contributed by atoms with Gasteiger partial charge in [-0.3, -0.25) is 0 Å². The van der Waals surface area contributed by atoms with E-state index in [0.717, 1.165) is 0 Å². The summed E-state index contributed by atoms with van der Waals surface area (Å²) in [5.74, 6) is 3.17. The fraction of sp³-hybridized carbons (Fsp3) is 0.700. The molecule has 2 aromatic rings. The molecule has 5 unspecified atom stereocenters. The van der Waals surface area contributed by atoms with Crippen LogP contribution in [0.15, 0.2) is 36.4 Å². The highest BCUT2D eigenvalue weighted by Crippen LogP contribution is 2.78. The molecule has 8 rings (SSSR count). The Kier molecular flexibility index (Phi) is 7.06. The zero-order valence-corrected chi connectivity index (χ0v) is 27.0. The van der Waals surface area contributed by atoms with Crippen molar-refractivity contribution in [2.45, 2.75) is 154 Å². The predicted octanol–water partition coefficient (Wildman–Crippen LogP) is 11.3. The van der Waals surface area contributed by atoms with Gasteiger partial charge in [0.15, 0.2) is 0 Å². The molecule has 0 heterocycles. The van der Waals surface area contributed by atoms with Gasteiger partial charge in [-0.1, -0.05) is 96.9 Å². The molecule has 6 aliphatic carbocycles. The molecule has 0 aromatic heterocycles. The minimum atomic E-state index is 0.0701. The number of phenols is 2. The van der Waals surface area contributed by atoms with Crippen molar-refractivity contribution in [1.82, 2.24) is 0 Å². The minimum Gasteiger partial charge on any atom is -0.508 e. The highest BCUT2D eigenvalue weighted by molar-refractivity contribution is 5.49. The lowest BCUT2D eigenvalue weighted by molar-refractivity contribution is -0.182. The van der Waals surface area contributed by atoms with Crippen LogP contribution < -0.4 is 0 Å². The molecule has 6 aliphatic rings. The molecule has 4 bridgehead atoms. The summed E-state index contributed by atoms with van der Waals surface area (Å²) in [7, 11) is 0. The first-order valence-corrected chi connectivity index (χ1v) is 17.7. The van der Waals surface area contributed by atoms with Crippen LogP contribution in [-0.2, 0) is 5.41 Å². The van der Waals surface area contributed by atoms with Crippen molar-refractivity contribution in [3.8, 4) is 11.5 Å². The van der Waals surface area contributed by atoms with E-state index in [2.05, 4.69) is 64.1 Å². The van der Waals surface area contributed by atoms with Crippen LogP contribution in [0.2, 0.25) is 0 Å². The third-order valence-corrected chi connectivity index (χ3v) is 13.9. The van der Waals surface area contributed by atoms with Crippen LogP contribution in [0, 0.1) is 22.2 Å². The lowest BCUT2D eigenvalue weighted by Crippen LogP contribution is -2.65. The summed E-state index contributed by atoms with van der Waals surface area (Å²) < 4.78 is 0. The van der Waals surface area contributed by atoms with E-state index >= 15 is 0 Å². The van der Waals surface area contributed by atoms with Crippen LogP contribution in [0.1, 0.15) is 170 Å². The summed E-state index contributed by atoms with van der Waals surface area (Å²) in [5, 5.41) is 22.3. The molecule has 228 valence electrons. The molecule has 42 heavy (non-hydrogen) atoms. The van der Waals surface area contributed by atoms with Crippen LogP contribution in [0.4, 0.5) is 0 Å². The molecule has 0 radical (unpaired) electrons. The second-order valence-corrected chi connectivity index (χ2v) is 17.0. The van der Waals surface area contributed by atoms with E-state index < -0.39 is 0 Å². The molecule has 0 saturated heterocycles.